The number of nitrogens with one attached hydrogen (secondary N) is 2. The van der Waals surface area contributed by atoms with E-state index in [4.69, 9.17) is 11.5 Å². The van der Waals surface area contributed by atoms with Gasteiger partial charge in [0.2, 0.25) is 5.91 Å². The molecule has 0 aromatic heterocycles. The standard InChI is InChI=1S/C12H18N4O3/c1-7(15-6-10(17)11(13)18)8-2-4-9(5-3-8)16-12(14)19/h2-5,7,10,15,17H,6H2,1H3,(H2,13,18)(H3,14,16,19). The van der Waals surface area contributed by atoms with Crippen LogP contribution in [-0.2, 0) is 4.79 Å². The maximum absolute atomic E-state index is 10.7. The van der Waals surface area contributed by atoms with Gasteiger partial charge in [0.1, 0.15) is 6.10 Å². The molecule has 0 aliphatic rings. The number of carbonyl (C=O) groups is 2. The minimum atomic E-state index is -1.21. The van der Waals surface area contributed by atoms with Gasteiger partial charge in [-0.2, -0.15) is 0 Å². The Bertz CT molecular complexity index is 447. The van der Waals surface area contributed by atoms with Crippen molar-refractivity contribution in [2.75, 3.05) is 11.9 Å². The first kappa shape index (κ1) is 14.9. The van der Waals surface area contributed by atoms with Gasteiger partial charge in [-0.25, -0.2) is 4.79 Å². The number of anilines is 1. The molecule has 1 aromatic carbocycles. The Balaban J connectivity index is 2.55. The maximum Gasteiger partial charge on any atom is 0.316 e. The van der Waals surface area contributed by atoms with Gasteiger partial charge in [-0.3, -0.25) is 4.79 Å². The van der Waals surface area contributed by atoms with Crippen molar-refractivity contribution < 1.29 is 14.7 Å². The van der Waals surface area contributed by atoms with Gasteiger partial charge in [-0.05, 0) is 24.6 Å². The topological polar surface area (TPSA) is 130 Å². The van der Waals surface area contributed by atoms with Gasteiger partial charge in [0, 0.05) is 18.3 Å². The van der Waals surface area contributed by atoms with Crippen LogP contribution in [0.25, 0.3) is 0 Å². The second-order valence-electron chi connectivity index (χ2n) is 4.16. The smallest absolute Gasteiger partial charge is 0.316 e. The monoisotopic (exact) mass is 266 g/mol. The molecule has 0 bridgehead atoms. The number of hydrogen-bond acceptors (Lipinski definition) is 4. The molecule has 7 N–H and O–H groups in total. The van der Waals surface area contributed by atoms with Gasteiger partial charge in [0.05, 0.1) is 0 Å². The van der Waals surface area contributed by atoms with E-state index >= 15 is 0 Å². The normalized spacial score (nSPS) is 13.6. The van der Waals surface area contributed by atoms with E-state index in [1.54, 1.807) is 24.3 Å². The highest BCUT2D eigenvalue weighted by Gasteiger charge is 2.12. The number of primary amides is 2. The number of amides is 3. The van der Waals surface area contributed by atoms with Crippen LogP contribution in [0.2, 0.25) is 0 Å². The summed E-state index contributed by atoms with van der Waals surface area (Å²) in [6.07, 6.45) is -1.21. The number of rotatable bonds is 6. The zero-order valence-electron chi connectivity index (χ0n) is 10.6. The molecule has 7 nitrogen and oxygen atoms in total. The van der Waals surface area contributed by atoms with Crippen molar-refractivity contribution in [1.82, 2.24) is 5.32 Å². The lowest BCUT2D eigenvalue weighted by atomic mass is 10.1. The van der Waals surface area contributed by atoms with Gasteiger partial charge in [-0.15, -0.1) is 0 Å². The second kappa shape index (κ2) is 6.72. The van der Waals surface area contributed by atoms with Crippen LogP contribution < -0.4 is 22.1 Å². The van der Waals surface area contributed by atoms with Crippen LogP contribution in [0.3, 0.4) is 0 Å². The Kier molecular flexibility index (Phi) is 5.28. The molecule has 7 heteroatoms. The summed E-state index contributed by atoms with van der Waals surface area (Å²) in [5, 5.41) is 14.7. The van der Waals surface area contributed by atoms with Gasteiger partial charge in [-0.1, -0.05) is 12.1 Å². The lowest BCUT2D eigenvalue weighted by Crippen LogP contribution is -2.38. The third-order valence-electron chi connectivity index (χ3n) is 2.62. The summed E-state index contributed by atoms with van der Waals surface area (Å²) < 4.78 is 0. The van der Waals surface area contributed by atoms with Crippen molar-refractivity contribution in [3.8, 4) is 0 Å². The van der Waals surface area contributed by atoms with Crippen molar-refractivity contribution in [2.24, 2.45) is 11.5 Å². The first-order chi connectivity index (χ1) is 8.90. The molecule has 2 atom stereocenters. The van der Waals surface area contributed by atoms with Gasteiger partial charge in [0.15, 0.2) is 0 Å². The van der Waals surface area contributed by atoms with Crippen molar-refractivity contribution in [2.45, 2.75) is 19.1 Å². The molecule has 0 heterocycles. The van der Waals surface area contributed by atoms with Crippen LogP contribution in [0.1, 0.15) is 18.5 Å². The quantitative estimate of drug-likeness (QED) is 0.482. The Morgan fingerprint density at radius 2 is 1.84 bits per heavy atom. The molecule has 0 saturated heterocycles. The Morgan fingerprint density at radius 1 is 1.26 bits per heavy atom. The van der Waals surface area contributed by atoms with Crippen molar-refractivity contribution in [3.05, 3.63) is 29.8 Å². The molecular weight excluding hydrogens is 248 g/mol. The fourth-order valence-corrected chi connectivity index (χ4v) is 1.50. The van der Waals surface area contributed by atoms with Crippen molar-refractivity contribution >= 4 is 17.6 Å². The molecule has 0 aliphatic carbocycles. The van der Waals surface area contributed by atoms with E-state index in [2.05, 4.69) is 10.6 Å². The van der Waals surface area contributed by atoms with Crippen LogP contribution in [0, 0.1) is 0 Å². The minimum Gasteiger partial charge on any atom is -0.382 e. The molecule has 19 heavy (non-hydrogen) atoms. The molecule has 0 radical (unpaired) electrons. The number of carbonyl (C=O) groups excluding carboxylic acids is 2. The predicted octanol–water partition coefficient (Wildman–Crippen LogP) is -0.326. The van der Waals surface area contributed by atoms with Crippen LogP contribution >= 0.6 is 0 Å². The molecule has 2 unspecified atom stereocenters. The van der Waals surface area contributed by atoms with E-state index in [-0.39, 0.29) is 12.6 Å². The molecule has 104 valence electrons. The molecule has 0 aliphatic heterocycles. The van der Waals surface area contributed by atoms with Crippen molar-refractivity contribution in [1.29, 1.82) is 0 Å². The van der Waals surface area contributed by atoms with Crippen LogP contribution in [-0.4, -0.2) is 29.7 Å². The van der Waals surface area contributed by atoms with E-state index in [9.17, 15) is 14.7 Å². The summed E-state index contributed by atoms with van der Waals surface area (Å²) in [4.78, 5) is 21.3. The highest BCUT2D eigenvalue weighted by atomic mass is 16.3. The Hall–Kier alpha value is -2.12. The number of nitrogens with two attached hydrogens (primary N) is 2. The van der Waals surface area contributed by atoms with Crippen LogP contribution in [0.15, 0.2) is 24.3 Å². The predicted molar refractivity (Wildman–Crippen MR) is 71.3 cm³/mol. The second-order valence-corrected chi connectivity index (χ2v) is 4.16. The van der Waals surface area contributed by atoms with E-state index in [1.807, 2.05) is 6.92 Å². The lowest BCUT2D eigenvalue weighted by Gasteiger charge is -2.16. The average molecular weight is 266 g/mol. The van der Waals surface area contributed by atoms with Gasteiger partial charge >= 0.3 is 6.03 Å². The average Bonchev–Trinajstić information content (AvgIpc) is 2.35. The van der Waals surface area contributed by atoms with E-state index in [0.29, 0.717) is 5.69 Å². The molecule has 1 rings (SSSR count). The highest BCUT2D eigenvalue weighted by Crippen LogP contribution is 2.15. The first-order valence-corrected chi connectivity index (χ1v) is 5.77. The number of aliphatic hydroxyl groups excluding tert-OH is 1. The Labute approximate surface area is 111 Å². The van der Waals surface area contributed by atoms with E-state index in [0.717, 1.165) is 5.56 Å². The highest BCUT2D eigenvalue weighted by molar-refractivity contribution is 5.87. The van der Waals surface area contributed by atoms with E-state index < -0.39 is 18.0 Å². The Morgan fingerprint density at radius 3 is 2.32 bits per heavy atom. The van der Waals surface area contributed by atoms with Crippen molar-refractivity contribution in [3.63, 3.8) is 0 Å². The zero-order chi connectivity index (χ0) is 14.4. The van der Waals surface area contributed by atoms with Gasteiger partial charge < -0.3 is 27.2 Å². The molecule has 0 saturated carbocycles. The zero-order valence-corrected chi connectivity index (χ0v) is 10.6. The third-order valence-corrected chi connectivity index (χ3v) is 2.62. The summed E-state index contributed by atoms with van der Waals surface area (Å²) in [6, 6.07) is 6.34. The number of hydrogen-bond donors (Lipinski definition) is 5. The van der Waals surface area contributed by atoms with E-state index in [1.165, 1.54) is 0 Å². The number of aliphatic hydroxyl groups is 1. The minimum absolute atomic E-state index is 0.0726. The SMILES string of the molecule is CC(NCC(O)C(N)=O)c1ccc(NC(N)=O)cc1. The van der Waals surface area contributed by atoms with Crippen LogP contribution in [0.5, 0.6) is 0 Å². The lowest BCUT2D eigenvalue weighted by molar-refractivity contribution is -0.125. The summed E-state index contributed by atoms with van der Waals surface area (Å²) in [5.74, 6) is -0.763. The first-order valence-electron chi connectivity index (χ1n) is 5.77. The largest absolute Gasteiger partial charge is 0.382 e. The fourth-order valence-electron chi connectivity index (χ4n) is 1.50. The summed E-state index contributed by atoms with van der Waals surface area (Å²) in [6.45, 7) is 1.96. The maximum atomic E-state index is 10.7. The summed E-state index contributed by atoms with van der Waals surface area (Å²) in [5.41, 5.74) is 11.5. The fraction of sp³-hybridized carbons (Fsp3) is 0.333. The summed E-state index contributed by atoms with van der Waals surface area (Å²) >= 11 is 0. The molecule has 3 amide bonds. The number of urea groups is 1. The molecule has 1 aromatic rings. The van der Waals surface area contributed by atoms with Crippen LogP contribution in [0.4, 0.5) is 10.5 Å². The molecule has 0 spiro atoms. The number of benzene rings is 1. The molecule has 0 fully saturated rings. The third kappa shape index (κ3) is 4.94. The van der Waals surface area contributed by atoms with Gasteiger partial charge in [0.25, 0.3) is 0 Å². The molecular formula is C12H18N4O3. The summed E-state index contributed by atoms with van der Waals surface area (Å²) in [7, 11) is 0.